The average molecular weight is 385 g/mol. The van der Waals surface area contributed by atoms with Crippen molar-refractivity contribution in [3.63, 3.8) is 0 Å². The molecule has 2 rings (SSSR count). The zero-order valence-corrected chi connectivity index (χ0v) is 13.7. The summed E-state index contributed by atoms with van der Waals surface area (Å²) in [6, 6.07) is 3.29. The fourth-order valence-electron chi connectivity index (χ4n) is 1.64. The van der Waals surface area contributed by atoms with Gasteiger partial charge in [0.05, 0.1) is 11.6 Å². The van der Waals surface area contributed by atoms with Crippen LogP contribution in [0.25, 0.3) is 0 Å². The van der Waals surface area contributed by atoms with Crippen molar-refractivity contribution in [2.45, 2.75) is 6.92 Å². The molecule has 1 aromatic carbocycles. The van der Waals surface area contributed by atoms with Gasteiger partial charge in [0.2, 0.25) is 17.6 Å². The Bertz CT molecular complexity index is 825. The van der Waals surface area contributed by atoms with E-state index in [2.05, 4.69) is 25.9 Å². The number of anilines is 1. The summed E-state index contributed by atoms with van der Waals surface area (Å²) in [4.78, 5) is 20.0. The maximum Gasteiger partial charge on any atom is 0.270 e. The average Bonchev–Trinajstić information content (AvgIpc) is 2.53. The van der Waals surface area contributed by atoms with E-state index in [1.165, 1.54) is 0 Å². The molecular weight excluding hydrogens is 374 g/mol. The lowest BCUT2D eigenvalue weighted by molar-refractivity contribution is 0.392. The molecule has 0 amide bonds. The molecule has 0 saturated heterocycles. The molecule has 0 radical (unpaired) electrons. The van der Waals surface area contributed by atoms with Gasteiger partial charge in [-0.15, -0.1) is 0 Å². The predicted octanol–water partition coefficient (Wildman–Crippen LogP) is 2.93. The molecule has 9 heteroatoms. The molecule has 120 valence electrons. The summed E-state index contributed by atoms with van der Waals surface area (Å²) in [5.41, 5.74) is -0.739. The van der Waals surface area contributed by atoms with Gasteiger partial charge in [-0.25, -0.2) is 8.78 Å². The molecule has 23 heavy (non-hydrogen) atoms. The van der Waals surface area contributed by atoms with E-state index in [0.29, 0.717) is 6.54 Å². The third-order valence-corrected chi connectivity index (χ3v) is 3.68. The van der Waals surface area contributed by atoms with Crippen molar-refractivity contribution in [3.05, 3.63) is 44.2 Å². The summed E-state index contributed by atoms with van der Waals surface area (Å²) < 4.78 is 32.8. The number of rotatable bonds is 4. The number of aromatic nitrogens is 2. The van der Waals surface area contributed by atoms with Gasteiger partial charge in [-0.3, -0.25) is 9.78 Å². The SMILES string of the molecule is CCN(C)c1nc(Oc2c(F)cc(C#N)cc2F)c(Br)c(=O)[nH]1. The van der Waals surface area contributed by atoms with E-state index in [0.717, 1.165) is 12.1 Å². The second-order valence-electron chi connectivity index (χ2n) is 4.51. The number of hydrogen-bond acceptors (Lipinski definition) is 5. The van der Waals surface area contributed by atoms with E-state index in [-0.39, 0.29) is 21.9 Å². The minimum Gasteiger partial charge on any atom is -0.431 e. The lowest BCUT2D eigenvalue weighted by atomic mass is 10.2. The van der Waals surface area contributed by atoms with Crippen LogP contribution in [-0.4, -0.2) is 23.6 Å². The fourth-order valence-corrected chi connectivity index (χ4v) is 1.91. The molecule has 1 heterocycles. The number of halogens is 3. The summed E-state index contributed by atoms with van der Waals surface area (Å²) in [6.07, 6.45) is 0. The van der Waals surface area contributed by atoms with Gasteiger partial charge in [0.15, 0.2) is 11.6 Å². The Kier molecular flexibility index (Phi) is 4.95. The van der Waals surface area contributed by atoms with E-state index < -0.39 is 22.9 Å². The second kappa shape index (κ2) is 6.75. The number of benzene rings is 1. The summed E-state index contributed by atoms with van der Waals surface area (Å²) in [5.74, 6) is -2.98. The number of nitrogens with one attached hydrogen (secondary N) is 1. The third kappa shape index (κ3) is 3.48. The van der Waals surface area contributed by atoms with Crippen LogP contribution in [-0.2, 0) is 0 Å². The van der Waals surface area contributed by atoms with Crippen LogP contribution in [0.15, 0.2) is 21.4 Å². The molecule has 1 aromatic heterocycles. The first kappa shape index (κ1) is 16.9. The predicted molar refractivity (Wildman–Crippen MR) is 82.6 cm³/mol. The fraction of sp³-hybridized carbons (Fsp3) is 0.214. The Morgan fingerprint density at radius 2 is 2.04 bits per heavy atom. The molecule has 0 unspecified atom stereocenters. The van der Waals surface area contributed by atoms with Crippen LogP contribution in [0.2, 0.25) is 0 Å². The first-order valence-electron chi connectivity index (χ1n) is 6.45. The number of ether oxygens (including phenoxy) is 1. The molecule has 6 nitrogen and oxygen atoms in total. The first-order valence-corrected chi connectivity index (χ1v) is 7.24. The van der Waals surface area contributed by atoms with Crippen molar-refractivity contribution in [3.8, 4) is 17.7 Å². The molecule has 0 atom stereocenters. The molecule has 0 bridgehead atoms. The topological polar surface area (TPSA) is 82.0 Å². The second-order valence-corrected chi connectivity index (χ2v) is 5.30. The zero-order chi connectivity index (χ0) is 17.1. The summed E-state index contributed by atoms with van der Waals surface area (Å²) in [7, 11) is 1.68. The van der Waals surface area contributed by atoms with Crippen LogP contribution < -0.4 is 15.2 Å². The highest BCUT2D eigenvalue weighted by molar-refractivity contribution is 9.10. The van der Waals surface area contributed by atoms with Crippen molar-refractivity contribution < 1.29 is 13.5 Å². The Labute approximate surface area is 138 Å². The first-order chi connectivity index (χ1) is 10.9. The molecule has 2 aromatic rings. The van der Waals surface area contributed by atoms with Crippen LogP contribution >= 0.6 is 15.9 Å². The lowest BCUT2D eigenvalue weighted by Gasteiger charge is -2.16. The molecule has 0 aliphatic heterocycles. The van der Waals surface area contributed by atoms with Crippen LogP contribution in [0.3, 0.4) is 0 Å². The number of nitrogens with zero attached hydrogens (tertiary/aromatic N) is 3. The van der Waals surface area contributed by atoms with Gasteiger partial charge in [0, 0.05) is 13.6 Å². The monoisotopic (exact) mass is 384 g/mol. The van der Waals surface area contributed by atoms with Crippen molar-refractivity contribution in [2.24, 2.45) is 0 Å². The lowest BCUT2D eigenvalue weighted by Crippen LogP contribution is -2.23. The molecule has 0 spiro atoms. The Morgan fingerprint density at radius 3 is 2.57 bits per heavy atom. The van der Waals surface area contributed by atoms with E-state index in [1.54, 1.807) is 18.0 Å². The third-order valence-electron chi connectivity index (χ3n) is 2.98. The van der Waals surface area contributed by atoms with E-state index in [4.69, 9.17) is 10.00 Å². The highest BCUT2D eigenvalue weighted by Crippen LogP contribution is 2.31. The van der Waals surface area contributed by atoms with Gasteiger partial charge >= 0.3 is 0 Å². The van der Waals surface area contributed by atoms with Crippen LogP contribution in [0.5, 0.6) is 11.6 Å². The number of aromatic amines is 1. The molecule has 0 fully saturated rings. The Morgan fingerprint density at radius 1 is 1.43 bits per heavy atom. The standard InChI is InChI=1S/C14H11BrF2N4O2/c1-3-21(2)14-19-12(22)10(15)13(20-14)23-11-8(16)4-7(6-18)5-9(11)17/h4-5H,3H2,1-2H3,(H,19,20,22). The quantitative estimate of drug-likeness (QED) is 0.875. The number of H-pyrrole nitrogens is 1. The number of nitriles is 1. The van der Waals surface area contributed by atoms with Gasteiger partial charge in [0.1, 0.15) is 4.47 Å². The maximum atomic E-state index is 13.9. The van der Waals surface area contributed by atoms with E-state index in [1.807, 2.05) is 6.92 Å². The summed E-state index contributed by atoms with van der Waals surface area (Å²) in [6.45, 7) is 2.38. The minimum absolute atomic E-state index is 0.103. The van der Waals surface area contributed by atoms with Crippen molar-refractivity contribution in [1.82, 2.24) is 9.97 Å². The molecule has 0 aliphatic carbocycles. The van der Waals surface area contributed by atoms with Crippen molar-refractivity contribution in [1.29, 1.82) is 5.26 Å². The maximum absolute atomic E-state index is 13.9. The normalized spacial score (nSPS) is 10.3. The smallest absolute Gasteiger partial charge is 0.270 e. The van der Waals surface area contributed by atoms with Crippen LogP contribution in [0.4, 0.5) is 14.7 Å². The Hall–Kier alpha value is -2.47. The molecular formula is C14H11BrF2N4O2. The van der Waals surface area contributed by atoms with Crippen molar-refractivity contribution >= 4 is 21.9 Å². The minimum atomic E-state index is -1.07. The van der Waals surface area contributed by atoms with Gasteiger partial charge in [0.25, 0.3) is 5.56 Å². The Balaban J connectivity index is 2.51. The van der Waals surface area contributed by atoms with Crippen molar-refractivity contribution in [2.75, 3.05) is 18.5 Å². The van der Waals surface area contributed by atoms with Gasteiger partial charge in [-0.2, -0.15) is 10.2 Å². The van der Waals surface area contributed by atoms with Gasteiger partial charge in [-0.1, -0.05) is 0 Å². The number of hydrogen-bond donors (Lipinski definition) is 1. The van der Waals surface area contributed by atoms with Gasteiger partial charge in [-0.05, 0) is 35.0 Å². The summed E-state index contributed by atoms with van der Waals surface area (Å²) in [5, 5.41) is 8.68. The van der Waals surface area contributed by atoms with Gasteiger partial charge < -0.3 is 9.64 Å². The van der Waals surface area contributed by atoms with E-state index >= 15 is 0 Å². The summed E-state index contributed by atoms with van der Waals surface area (Å²) >= 11 is 2.97. The molecule has 0 saturated carbocycles. The molecule has 0 aliphatic rings. The van der Waals surface area contributed by atoms with E-state index in [9.17, 15) is 13.6 Å². The zero-order valence-electron chi connectivity index (χ0n) is 12.2. The largest absolute Gasteiger partial charge is 0.431 e. The van der Waals surface area contributed by atoms with Crippen LogP contribution in [0, 0.1) is 23.0 Å². The highest BCUT2D eigenvalue weighted by Gasteiger charge is 2.19. The highest BCUT2D eigenvalue weighted by atomic mass is 79.9. The molecule has 1 N–H and O–H groups in total. The van der Waals surface area contributed by atoms with Crippen LogP contribution in [0.1, 0.15) is 12.5 Å².